The maximum atomic E-state index is 12.7. The second kappa shape index (κ2) is 9.22. The van der Waals surface area contributed by atoms with Crippen LogP contribution in [0.2, 0.25) is 0 Å². The Morgan fingerprint density at radius 1 is 1.11 bits per heavy atom. The highest BCUT2D eigenvalue weighted by molar-refractivity contribution is 5.94. The van der Waals surface area contributed by atoms with E-state index >= 15 is 0 Å². The molecule has 148 valence electrons. The van der Waals surface area contributed by atoms with Crippen molar-refractivity contribution >= 4 is 11.8 Å². The Kier molecular flexibility index (Phi) is 6.72. The fourth-order valence-corrected chi connectivity index (χ4v) is 3.39. The molecule has 3 rings (SSSR count). The fourth-order valence-electron chi connectivity index (χ4n) is 3.39. The van der Waals surface area contributed by atoms with Gasteiger partial charge in [-0.1, -0.05) is 13.8 Å². The summed E-state index contributed by atoms with van der Waals surface area (Å²) in [4.78, 5) is 28.7. The lowest BCUT2D eigenvalue weighted by Gasteiger charge is -2.35. The van der Waals surface area contributed by atoms with Crippen molar-refractivity contribution in [2.45, 2.75) is 39.2 Å². The van der Waals surface area contributed by atoms with E-state index in [1.54, 1.807) is 0 Å². The van der Waals surface area contributed by atoms with Gasteiger partial charge >= 0.3 is 0 Å². The van der Waals surface area contributed by atoms with E-state index in [0.29, 0.717) is 50.9 Å². The largest absolute Gasteiger partial charge is 0.494 e. The van der Waals surface area contributed by atoms with Crippen molar-refractivity contribution in [2.24, 2.45) is 5.92 Å². The van der Waals surface area contributed by atoms with E-state index < -0.39 is 0 Å². The standard InChI is InChI=1S/C21H30N2O4/c1-16(2)9-15-26-18-7-5-17(6-8-18)20(24)22-10-12-23(13-11-22)21(25)19-4-3-14-27-19/h5-8,16,19H,3-4,9-15H2,1-2H3. The SMILES string of the molecule is CC(C)CCOc1ccc(C(=O)N2CCN(C(=O)C3CCCO3)CC2)cc1. The van der Waals surface area contributed by atoms with Crippen molar-refractivity contribution in [1.29, 1.82) is 0 Å². The molecule has 0 aromatic heterocycles. The number of rotatable bonds is 6. The Labute approximate surface area is 161 Å². The van der Waals surface area contributed by atoms with Crippen LogP contribution in [0.1, 0.15) is 43.5 Å². The number of benzene rings is 1. The van der Waals surface area contributed by atoms with Crippen LogP contribution in [0.5, 0.6) is 5.75 Å². The number of nitrogens with zero attached hydrogens (tertiary/aromatic N) is 2. The zero-order valence-electron chi connectivity index (χ0n) is 16.4. The van der Waals surface area contributed by atoms with Gasteiger partial charge in [0.1, 0.15) is 11.9 Å². The Hall–Kier alpha value is -2.08. The van der Waals surface area contributed by atoms with Gasteiger partial charge in [0, 0.05) is 38.3 Å². The summed E-state index contributed by atoms with van der Waals surface area (Å²) in [5.41, 5.74) is 0.658. The Morgan fingerprint density at radius 2 is 1.78 bits per heavy atom. The topological polar surface area (TPSA) is 59.1 Å². The smallest absolute Gasteiger partial charge is 0.253 e. The van der Waals surface area contributed by atoms with Crippen molar-refractivity contribution in [3.05, 3.63) is 29.8 Å². The van der Waals surface area contributed by atoms with Crippen molar-refractivity contribution in [3.8, 4) is 5.75 Å². The highest BCUT2D eigenvalue weighted by Gasteiger charge is 2.31. The van der Waals surface area contributed by atoms with E-state index in [2.05, 4.69) is 13.8 Å². The van der Waals surface area contributed by atoms with E-state index in [9.17, 15) is 9.59 Å². The molecule has 1 atom stereocenters. The first kappa shape index (κ1) is 19.7. The molecule has 0 aliphatic carbocycles. The van der Waals surface area contributed by atoms with Gasteiger partial charge in [0.25, 0.3) is 11.8 Å². The van der Waals surface area contributed by atoms with Crippen LogP contribution in [0, 0.1) is 5.92 Å². The van der Waals surface area contributed by atoms with Gasteiger partial charge in [0.15, 0.2) is 0 Å². The van der Waals surface area contributed by atoms with Crippen LogP contribution in [0.15, 0.2) is 24.3 Å². The van der Waals surface area contributed by atoms with Crippen LogP contribution in [-0.4, -0.2) is 67.1 Å². The summed E-state index contributed by atoms with van der Waals surface area (Å²) in [6, 6.07) is 7.34. The second-order valence-electron chi connectivity index (χ2n) is 7.67. The first-order valence-corrected chi connectivity index (χ1v) is 9.97. The monoisotopic (exact) mass is 374 g/mol. The number of carbonyl (C=O) groups is 2. The van der Waals surface area contributed by atoms with Gasteiger partial charge in [-0.05, 0) is 49.4 Å². The highest BCUT2D eigenvalue weighted by atomic mass is 16.5. The maximum absolute atomic E-state index is 12.7. The molecular weight excluding hydrogens is 344 g/mol. The van der Waals surface area contributed by atoms with Crippen molar-refractivity contribution < 1.29 is 19.1 Å². The third kappa shape index (κ3) is 5.22. The van der Waals surface area contributed by atoms with Crippen LogP contribution in [0.3, 0.4) is 0 Å². The summed E-state index contributed by atoms with van der Waals surface area (Å²) >= 11 is 0. The number of amides is 2. The number of hydrogen-bond acceptors (Lipinski definition) is 4. The number of piperazine rings is 1. The lowest BCUT2D eigenvalue weighted by molar-refractivity contribution is -0.142. The molecule has 1 aromatic rings. The van der Waals surface area contributed by atoms with Gasteiger partial charge in [-0.15, -0.1) is 0 Å². The van der Waals surface area contributed by atoms with Crippen LogP contribution in [0.4, 0.5) is 0 Å². The fraction of sp³-hybridized carbons (Fsp3) is 0.619. The lowest BCUT2D eigenvalue weighted by atomic mass is 10.1. The Balaban J connectivity index is 1.48. The predicted molar refractivity (Wildman–Crippen MR) is 103 cm³/mol. The molecule has 0 radical (unpaired) electrons. The third-order valence-electron chi connectivity index (χ3n) is 5.15. The summed E-state index contributed by atoms with van der Waals surface area (Å²) in [5.74, 6) is 1.48. The van der Waals surface area contributed by atoms with E-state index in [4.69, 9.17) is 9.47 Å². The molecule has 1 unspecified atom stereocenters. The zero-order valence-corrected chi connectivity index (χ0v) is 16.4. The van der Waals surface area contributed by atoms with Gasteiger partial charge < -0.3 is 19.3 Å². The first-order chi connectivity index (χ1) is 13.0. The molecule has 2 aliphatic heterocycles. The molecule has 2 fully saturated rings. The minimum Gasteiger partial charge on any atom is -0.494 e. The molecule has 0 bridgehead atoms. The summed E-state index contributed by atoms with van der Waals surface area (Å²) in [7, 11) is 0. The van der Waals surface area contributed by atoms with Gasteiger partial charge in [0.05, 0.1) is 6.61 Å². The number of carbonyl (C=O) groups excluding carboxylic acids is 2. The minimum atomic E-state index is -0.282. The van der Waals surface area contributed by atoms with E-state index in [1.807, 2.05) is 34.1 Å². The molecular formula is C21H30N2O4. The van der Waals surface area contributed by atoms with Gasteiger partial charge in [0.2, 0.25) is 0 Å². The van der Waals surface area contributed by atoms with E-state index in [0.717, 1.165) is 25.0 Å². The van der Waals surface area contributed by atoms with Gasteiger partial charge in [-0.3, -0.25) is 9.59 Å². The Bertz CT molecular complexity index is 630. The average molecular weight is 374 g/mol. The molecule has 2 heterocycles. The maximum Gasteiger partial charge on any atom is 0.253 e. The molecule has 2 saturated heterocycles. The summed E-state index contributed by atoms with van der Waals surface area (Å²) < 4.78 is 11.2. The lowest BCUT2D eigenvalue weighted by Crippen LogP contribution is -2.52. The molecule has 1 aromatic carbocycles. The Morgan fingerprint density at radius 3 is 2.37 bits per heavy atom. The second-order valence-corrected chi connectivity index (χ2v) is 7.67. The first-order valence-electron chi connectivity index (χ1n) is 9.97. The molecule has 0 N–H and O–H groups in total. The van der Waals surface area contributed by atoms with Gasteiger partial charge in [-0.25, -0.2) is 0 Å². The van der Waals surface area contributed by atoms with Crippen molar-refractivity contribution in [1.82, 2.24) is 9.80 Å². The summed E-state index contributed by atoms with van der Waals surface area (Å²) in [6.07, 6.45) is 2.49. The van der Waals surface area contributed by atoms with Crippen LogP contribution < -0.4 is 4.74 Å². The summed E-state index contributed by atoms with van der Waals surface area (Å²) in [5, 5.41) is 0. The molecule has 0 saturated carbocycles. The predicted octanol–water partition coefficient (Wildman–Crippen LogP) is 2.57. The quantitative estimate of drug-likeness (QED) is 0.768. The van der Waals surface area contributed by atoms with Crippen LogP contribution >= 0.6 is 0 Å². The van der Waals surface area contributed by atoms with Gasteiger partial charge in [-0.2, -0.15) is 0 Å². The highest BCUT2D eigenvalue weighted by Crippen LogP contribution is 2.18. The van der Waals surface area contributed by atoms with Crippen LogP contribution in [0.25, 0.3) is 0 Å². The molecule has 2 amide bonds. The van der Waals surface area contributed by atoms with Crippen molar-refractivity contribution in [2.75, 3.05) is 39.4 Å². The number of ether oxygens (including phenoxy) is 2. The number of hydrogen-bond donors (Lipinski definition) is 0. The molecule has 6 heteroatoms. The zero-order chi connectivity index (χ0) is 19.2. The van der Waals surface area contributed by atoms with Crippen molar-refractivity contribution in [3.63, 3.8) is 0 Å². The minimum absolute atomic E-state index is 0.00736. The molecule has 0 spiro atoms. The van der Waals surface area contributed by atoms with Crippen LogP contribution in [-0.2, 0) is 9.53 Å². The van der Waals surface area contributed by atoms with E-state index in [1.165, 1.54) is 0 Å². The summed E-state index contributed by atoms with van der Waals surface area (Å²) in [6.45, 7) is 7.95. The third-order valence-corrected chi connectivity index (χ3v) is 5.15. The molecule has 2 aliphatic rings. The average Bonchev–Trinajstić information content (AvgIpc) is 3.22. The normalized spacial score (nSPS) is 20.2. The van der Waals surface area contributed by atoms with E-state index in [-0.39, 0.29) is 17.9 Å². The molecule has 27 heavy (non-hydrogen) atoms. The molecule has 6 nitrogen and oxygen atoms in total.